The second-order valence-electron chi connectivity index (χ2n) is 9.13. The first kappa shape index (κ1) is 22.4. The molecule has 1 aliphatic rings. The van der Waals surface area contributed by atoms with Gasteiger partial charge in [0.1, 0.15) is 5.75 Å². The summed E-state index contributed by atoms with van der Waals surface area (Å²) in [6, 6.07) is 17.5. The van der Waals surface area contributed by atoms with E-state index in [1.807, 2.05) is 48.5 Å². The van der Waals surface area contributed by atoms with Gasteiger partial charge in [0.25, 0.3) is 5.91 Å². The molecule has 4 rings (SSSR count). The monoisotopic (exact) mass is 445 g/mol. The Kier molecular flexibility index (Phi) is 5.85. The van der Waals surface area contributed by atoms with Crippen LogP contribution in [0.25, 0.3) is 0 Å². The lowest BCUT2D eigenvalue weighted by molar-refractivity contribution is -0.130. The Labute approximate surface area is 193 Å². The Morgan fingerprint density at radius 1 is 1.09 bits per heavy atom. The number of benzene rings is 2. The molecular weight excluding hydrogens is 418 g/mol. The number of amides is 1. The molecule has 1 atom stereocenters. The van der Waals surface area contributed by atoms with Gasteiger partial charge >= 0.3 is 0 Å². The van der Waals surface area contributed by atoms with Gasteiger partial charge < -0.3 is 19.2 Å². The van der Waals surface area contributed by atoms with Crippen molar-refractivity contribution in [2.24, 2.45) is 0 Å². The Morgan fingerprint density at radius 3 is 2.42 bits per heavy atom. The number of nitrogens with zero attached hydrogens (tertiary/aromatic N) is 1. The number of ether oxygens (including phenoxy) is 1. The molecule has 33 heavy (non-hydrogen) atoms. The molecule has 0 saturated carbocycles. The number of methoxy groups -OCH3 is 1. The molecule has 1 aromatic heterocycles. The van der Waals surface area contributed by atoms with Crippen molar-refractivity contribution in [1.82, 2.24) is 4.90 Å². The summed E-state index contributed by atoms with van der Waals surface area (Å²) >= 11 is 0. The third-order valence-corrected chi connectivity index (χ3v) is 5.87. The van der Waals surface area contributed by atoms with Crippen LogP contribution in [0.2, 0.25) is 0 Å². The minimum absolute atomic E-state index is 0.0151. The quantitative estimate of drug-likeness (QED) is 0.517. The van der Waals surface area contributed by atoms with E-state index in [-0.39, 0.29) is 23.3 Å². The molecule has 1 aliphatic heterocycles. The highest BCUT2D eigenvalue weighted by Gasteiger charge is 2.44. The standard InChI is InChI=1S/C27H27NO5/c1-27(2,3)19-12-10-18(11-13-19)23-22(24(29)21-9-6-14-33-21)25(30)26(31)28(23)16-17-7-5-8-20(15-17)32-4/h5-15,23,30H,16H2,1-4H3. The van der Waals surface area contributed by atoms with E-state index in [9.17, 15) is 14.7 Å². The second kappa shape index (κ2) is 8.62. The molecule has 2 heterocycles. The number of furan rings is 1. The highest BCUT2D eigenvalue weighted by Crippen LogP contribution is 2.40. The predicted molar refractivity (Wildman–Crippen MR) is 124 cm³/mol. The molecule has 170 valence electrons. The zero-order chi connectivity index (χ0) is 23.8. The molecule has 1 N–H and O–H groups in total. The van der Waals surface area contributed by atoms with Crippen LogP contribution in [-0.2, 0) is 16.8 Å². The van der Waals surface area contributed by atoms with Crippen molar-refractivity contribution in [2.75, 3.05) is 7.11 Å². The third kappa shape index (κ3) is 4.29. The number of Topliss-reactive ketones (excluding diaryl/α,β-unsaturated/α-hetero) is 1. The highest BCUT2D eigenvalue weighted by molar-refractivity contribution is 6.15. The van der Waals surface area contributed by atoms with Gasteiger partial charge in [0.05, 0.1) is 25.0 Å². The SMILES string of the molecule is COc1cccc(CN2C(=O)C(O)=C(C(=O)c3ccco3)C2c2ccc(C(C)(C)C)cc2)c1. The lowest BCUT2D eigenvalue weighted by atomic mass is 9.85. The average Bonchev–Trinajstić information content (AvgIpc) is 3.42. The fraction of sp³-hybridized carbons (Fsp3) is 0.259. The number of aliphatic hydroxyl groups is 1. The topological polar surface area (TPSA) is 80.0 Å². The number of hydrogen-bond acceptors (Lipinski definition) is 5. The van der Waals surface area contributed by atoms with E-state index in [1.54, 1.807) is 13.2 Å². The number of carbonyl (C=O) groups excluding carboxylic acids is 2. The maximum absolute atomic E-state index is 13.3. The molecule has 2 aromatic carbocycles. The molecule has 0 bridgehead atoms. The first-order valence-corrected chi connectivity index (χ1v) is 10.8. The van der Waals surface area contributed by atoms with Gasteiger partial charge in [0, 0.05) is 6.54 Å². The first-order valence-electron chi connectivity index (χ1n) is 10.8. The van der Waals surface area contributed by atoms with Crippen molar-refractivity contribution in [3.63, 3.8) is 0 Å². The van der Waals surface area contributed by atoms with E-state index in [0.717, 1.165) is 16.7 Å². The molecular formula is C27H27NO5. The Morgan fingerprint density at radius 2 is 1.82 bits per heavy atom. The molecule has 0 radical (unpaired) electrons. The van der Waals surface area contributed by atoms with Gasteiger partial charge in [-0.2, -0.15) is 0 Å². The first-order chi connectivity index (χ1) is 15.7. The normalized spacial score (nSPS) is 16.4. The van der Waals surface area contributed by atoms with E-state index in [1.165, 1.54) is 17.2 Å². The number of aliphatic hydroxyl groups excluding tert-OH is 1. The van der Waals surface area contributed by atoms with Gasteiger partial charge in [0.2, 0.25) is 5.78 Å². The second-order valence-corrected chi connectivity index (χ2v) is 9.13. The van der Waals surface area contributed by atoms with E-state index in [0.29, 0.717) is 5.75 Å². The van der Waals surface area contributed by atoms with Crippen LogP contribution in [0, 0.1) is 0 Å². The van der Waals surface area contributed by atoms with Crippen molar-refractivity contribution in [2.45, 2.75) is 38.8 Å². The van der Waals surface area contributed by atoms with Crippen LogP contribution in [-0.4, -0.2) is 28.8 Å². The minimum Gasteiger partial charge on any atom is -0.503 e. The van der Waals surface area contributed by atoms with E-state index >= 15 is 0 Å². The van der Waals surface area contributed by atoms with Gasteiger partial charge in [-0.15, -0.1) is 0 Å². The predicted octanol–water partition coefficient (Wildman–Crippen LogP) is 5.36. The van der Waals surface area contributed by atoms with Gasteiger partial charge in [0.15, 0.2) is 11.5 Å². The van der Waals surface area contributed by atoms with Crippen molar-refractivity contribution in [3.8, 4) is 5.75 Å². The lowest BCUT2D eigenvalue weighted by Gasteiger charge is -2.28. The van der Waals surface area contributed by atoms with Gasteiger partial charge in [-0.1, -0.05) is 57.2 Å². The molecule has 3 aromatic rings. The molecule has 1 unspecified atom stereocenters. The van der Waals surface area contributed by atoms with Crippen molar-refractivity contribution >= 4 is 11.7 Å². The summed E-state index contributed by atoms with van der Waals surface area (Å²) in [6.45, 7) is 6.55. The average molecular weight is 446 g/mol. The summed E-state index contributed by atoms with van der Waals surface area (Å²) in [5, 5.41) is 10.8. The molecule has 0 spiro atoms. The zero-order valence-corrected chi connectivity index (χ0v) is 19.2. The van der Waals surface area contributed by atoms with Crippen LogP contribution in [0.5, 0.6) is 5.75 Å². The van der Waals surface area contributed by atoms with Crippen LogP contribution in [0.3, 0.4) is 0 Å². The van der Waals surface area contributed by atoms with E-state index in [4.69, 9.17) is 9.15 Å². The van der Waals surface area contributed by atoms with Crippen molar-refractivity contribution < 1.29 is 23.8 Å². The van der Waals surface area contributed by atoms with E-state index in [2.05, 4.69) is 20.8 Å². The zero-order valence-electron chi connectivity index (χ0n) is 19.2. The largest absolute Gasteiger partial charge is 0.503 e. The molecule has 0 aliphatic carbocycles. The Balaban J connectivity index is 1.78. The van der Waals surface area contributed by atoms with E-state index < -0.39 is 23.5 Å². The number of rotatable bonds is 6. The fourth-order valence-corrected chi connectivity index (χ4v) is 4.07. The summed E-state index contributed by atoms with van der Waals surface area (Å²) in [5.41, 5.74) is 2.65. The molecule has 6 nitrogen and oxygen atoms in total. The van der Waals surface area contributed by atoms with Crippen LogP contribution in [0.4, 0.5) is 0 Å². The molecule has 0 saturated heterocycles. The third-order valence-electron chi connectivity index (χ3n) is 5.87. The van der Waals surface area contributed by atoms with Crippen LogP contribution in [0.1, 0.15) is 54.1 Å². The lowest BCUT2D eigenvalue weighted by Crippen LogP contribution is -2.30. The summed E-state index contributed by atoms with van der Waals surface area (Å²) in [7, 11) is 1.58. The Bertz CT molecular complexity index is 1200. The van der Waals surface area contributed by atoms with Crippen molar-refractivity contribution in [3.05, 3.63) is 101 Å². The van der Waals surface area contributed by atoms with Gasteiger partial charge in [-0.05, 0) is 46.4 Å². The fourth-order valence-electron chi connectivity index (χ4n) is 4.07. The smallest absolute Gasteiger partial charge is 0.290 e. The molecule has 1 amide bonds. The molecule has 0 fully saturated rings. The summed E-state index contributed by atoms with van der Waals surface area (Å²) in [4.78, 5) is 27.9. The number of ketones is 1. The Hall–Kier alpha value is -3.80. The van der Waals surface area contributed by atoms with Crippen LogP contribution < -0.4 is 4.74 Å². The highest BCUT2D eigenvalue weighted by atomic mass is 16.5. The maximum atomic E-state index is 13.3. The van der Waals surface area contributed by atoms with Crippen molar-refractivity contribution in [1.29, 1.82) is 0 Å². The number of hydrogen-bond donors (Lipinski definition) is 1. The number of carbonyl (C=O) groups is 2. The molecule has 6 heteroatoms. The summed E-state index contributed by atoms with van der Waals surface area (Å²) < 4.78 is 10.6. The van der Waals surface area contributed by atoms with Gasteiger partial charge in [-0.3, -0.25) is 9.59 Å². The maximum Gasteiger partial charge on any atom is 0.290 e. The van der Waals surface area contributed by atoms with Gasteiger partial charge in [-0.25, -0.2) is 0 Å². The minimum atomic E-state index is -0.754. The summed E-state index contributed by atoms with van der Waals surface area (Å²) in [6.07, 6.45) is 1.39. The summed E-state index contributed by atoms with van der Waals surface area (Å²) in [5.74, 6) is -0.927. The van der Waals surface area contributed by atoms with Crippen LogP contribution >= 0.6 is 0 Å². The van der Waals surface area contributed by atoms with Crippen LogP contribution in [0.15, 0.2) is 82.7 Å².